The minimum Gasteiger partial charge on any atom is -0.438 e. The van der Waals surface area contributed by atoms with Crippen LogP contribution in [0.5, 0.6) is 0 Å². The summed E-state index contributed by atoms with van der Waals surface area (Å²) >= 11 is 0. The number of hydrogen-bond donors (Lipinski definition) is 0. The highest BCUT2D eigenvalue weighted by molar-refractivity contribution is 6.76. The third kappa shape index (κ3) is 5.62. The van der Waals surface area contributed by atoms with E-state index in [0.29, 0.717) is 6.23 Å². The zero-order valence-electron chi connectivity index (χ0n) is 6.93. The Morgan fingerprint density at radius 3 is 2.20 bits per heavy atom. The predicted octanol–water partition coefficient (Wildman–Crippen LogP) is 1.65. The predicted molar refractivity (Wildman–Crippen MR) is 41.7 cm³/mol. The summed E-state index contributed by atoms with van der Waals surface area (Å²) < 4.78 is 9.06. The van der Waals surface area contributed by atoms with E-state index < -0.39 is 14.2 Å². The molecule has 0 aromatic carbocycles. The van der Waals surface area contributed by atoms with Crippen LogP contribution < -0.4 is 0 Å². The molecular formula is C6H14O3Si. The molecule has 0 N–H and O–H groups in total. The van der Waals surface area contributed by atoms with Crippen molar-refractivity contribution < 1.29 is 14.3 Å². The normalized spacial score (nSPS) is 10.8. The molecule has 0 radical (unpaired) electrons. The average molecular weight is 162 g/mol. The van der Waals surface area contributed by atoms with Crippen LogP contribution in [-0.4, -0.2) is 27.6 Å². The first-order chi connectivity index (χ1) is 4.45. The van der Waals surface area contributed by atoms with E-state index in [9.17, 15) is 4.79 Å². The number of rotatable bonds is 2. The zero-order chi connectivity index (χ0) is 8.20. The molecule has 60 valence electrons. The Balaban J connectivity index is 3.46. The van der Waals surface area contributed by atoms with Crippen molar-refractivity contribution in [2.45, 2.75) is 19.6 Å². The quantitative estimate of drug-likeness (QED) is 0.457. The van der Waals surface area contributed by atoms with E-state index in [-0.39, 0.29) is 0 Å². The van der Waals surface area contributed by atoms with Crippen LogP contribution in [0, 0.1) is 0 Å². The van der Waals surface area contributed by atoms with Gasteiger partial charge < -0.3 is 9.47 Å². The first kappa shape index (κ1) is 9.49. The molecule has 4 heteroatoms. The number of carbonyl (C=O) groups is 1. The van der Waals surface area contributed by atoms with E-state index in [4.69, 9.17) is 4.74 Å². The Kier molecular flexibility index (Phi) is 3.42. The second-order valence-corrected chi connectivity index (χ2v) is 8.71. The first-order valence-electron chi connectivity index (χ1n) is 3.16. The van der Waals surface area contributed by atoms with Crippen LogP contribution in [-0.2, 0) is 9.47 Å². The van der Waals surface area contributed by atoms with Crippen molar-refractivity contribution in [1.29, 1.82) is 0 Å². The maximum absolute atomic E-state index is 10.4. The Morgan fingerprint density at radius 1 is 1.40 bits per heavy atom. The molecule has 0 aliphatic rings. The van der Waals surface area contributed by atoms with E-state index in [0.717, 1.165) is 0 Å². The zero-order valence-corrected chi connectivity index (χ0v) is 7.93. The van der Waals surface area contributed by atoms with Crippen LogP contribution in [0.25, 0.3) is 0 Å². The lowest BCUT2D eigenvalue weighted by molar-refractivity contribution is 0.0850. The maximum atomic E-state index is 10.4. The second-order valence-electron chi connectivity index (χ2n) is 3.30. The maximum Gasteiger partial charge on any atom is 0.507 e. The number of ether oxygens (including phenoxy) is 2. The van der Waals surface area contributed by atoms with E-state index in [1.165, 1.54) is 7.11 Å². The van der Waals surface area contributed by atoms with Gasteiger partial charge in [-0.3, -0.25) is 0 Å². The van der Waals surface area contributed by atoms with Gasteiger partial charge in [-0.15, -0.1) is 0 Å². The molecule has 0 atom stereocenters. The molecule has 0 aliphatic heterocycles. The molecule has 3 nitrogen and oxygen atoms in total. The summed E-state index contributed by atoms with van der Waals surface area (Å²) in [6, 6.07) is 0. The smallest absolute Gasteiger partial charge is 0.438 e. The monoisotopic (exact) mass is 162 g/mol. The molecule has 0 unspecified atom stereocenters. The summed E-state index contributed by atoms with van der Waals surface area (Å²) in [5, 5.41) is 0. The Labute approximate surface area is 62.3 Å². The lowest BCUT2D eigenvalue weighted by atomic mass is 11.3. The molecular weight excluding hydrogens is 148 g/mol. The van der Waals surface area contributed by atoms with Crippen LogP contribution >= 0.6 is 0 Å². The molecule has 0 fully saturated rings. The standard InChI is InChI=1S/C6H14O3Si/c1-8-6(7)9-5-10(2,3)4/h5H2,1-4H3. The molecule has 0 heterocycles. The second kappa shape index (κ2) is 3.61. The van der Waals surface area contributed by atoms with Gasteiger partial charge in [-0.25, -0.2) is 4.79 Å². The van der Waals surface area contributed by atoms with E-state index >= 15 is 0 Å². The third-order valence-corrected chi connectivity index (χ3v) is 1.80. The van der Waals surface area contributed by atoms with Crippen molar-refractivity contribution in [3.8, 4) is 0 Å². The van der Waals surface area contributed by atoms with Crippen molar-refractivity contribution in [3.05, 3.63) is 0 Å². The van der Waals surface area contributed by atoms with Crippen LogP contribution in [0.4, 0.5) is 4.79 Å². The van der Waals surface area contributed by atoms with Crippen LogP contribution in [0.2, 0.25) is 19.6 Å². The Bertz CT molecular complexity index is 117. The molecule has 0 rings (SSSR count). The summed E-state index contributed by atoms with van der Waals surface area (Å²) in [5.74, 6) is 0. The van der Waals surface area contributed by atoms with Gasteiger partial charge in [0.2, 0.25) is 0 Å². The van der Waals surface area contributed by atoms with Crippen LogP contribution in [0.15, 0.2) is 0 Å². The van der Waals surface area contributed by atoms with Crippen molar-refractivity contribution in [2.75, 3.05) is 13.3 Å². The van der Waals surface area contributed by atoms with Gasteiger partial charge in [0.05, 0.1) is 21.4 Å². The topological polar surface area (TPSA) is 35.5 Å². The number of methoxy groups -OCH3 is 1. The summed E-state index contributed by atoms with van der Waals surface area (Å²) in [4.78, 5) is 10.4. The van der Waals surface area contributed by atoms with Crippen molar-refractivity contribution in [2.24, 2.45) is 0 Å². The number of carbonyl (C=O) groups excluding carboxylic acids is 1. The third-order valence-electron chi connectivity index (χ3n) is 0.790. The van der Waals surface area contributed by atoms with Crippen LogP contribution in [0.3, 0.4) is 0 Å². The molecule has 0 aromatic heterocycles. The first-order valence-corrected chi connectivity index (χ1v) is 6.87. The van der Waals surface area contributed by atoms with Gasteiger partial charge in [-0.05, 0) is 0 Å². The molecule has 0 aromatic rings. The molecule has 0 amide bonds. The van der Waals surface area contributed by atoms with Gasteiger partial charge in [0.15, 0.2) is 0 Å². The lowest BCUT2D eigenvalue weighted by Crippen LogP contribution is -2.29. The van der Waals surface area contributed by atoms with Gasteiger partial charge in [0, 0.05) is 0 Å². The van der Waals surface area contributed by atoms with Gasteiger partial charge in [0.1, 0.15) is 0 Å². The highest BCUT2D eigenvalue weighted by Gasteiger charge is 2.15. The molecule has 0 saturated heterocycles. The molecule has 0 spiro atoms. The molecule has 10 heavy (non-hydrogen) atoms. The van der Waals surface area contributed by atoms with Gasteiger partial charge in [0.25, 0.3) is 0 Å². The Morgan fingerprint density at radius 2 is 1.90 bits per heavy atom. The minimum absolute atomic E-state index is 0.527. The van der Waals surface area contributed by atoms with E-state index in [1.807, 2.05) is 0 Å². The summed E-state index contributed by atoms with van der Waals surface area (Å²) in [6.45, 7) is 6.36. The molecule has 0 saturated carbocycles. The highest BCUT2D eigenvalue weighted by Crippen LogP contribution is 2.00. The largest absolute Gasteiger partial charge is 0.507 e. The number of hydrogen-bond acceptors (Lipinski definition) is 3. The van der Waals surface area contributed by atoms with Crippen molar-refractivity contribution in [3.63, 3.8) is 0 Å². The molecule has 0 bridgehead atoms. The SMILES string of the molecule is COC(=O)OC[Si](C)(C)C. The van der Waals surface area contributed by atoms with Gasteiger partial charge >= 0.3 is 6.16 Å². The Hall–Kier alpha value is -0.513. The van der Waals surface area contributed by atoms with Crippen molar-refractivity contribution >= 4 is 14.2 Å². The van der Waals surface area contributed by atoms with E-state index in [2.05, 4.69) is 24.4 Å². The summed E-state index contributed by atoms with van der Waals surface area (Å²) in [6.07, 6.45) is -0.0536. The summed E-state index contributed by atoms with van der Waals surface area (Å²) in [7, 11) is 0.0527. The minimum atomic E-state index is -1.26. The van der Waals surface area contributed by atoms with E-state index in [1.54, 1.807) is 0 Å². The highest BCUT2D eigenvalue weighted by atomic mass is 28.3. The fourth-order valence-corrected chi connectivity index (χ4v) is 0.885. The van der Waals surface area contributed by atoms with Crippen LogP contribution in [0.1, 0.15) is 0 Å². The summed E-state index contributed by atoms with van der Waals surface area (Å²) in [5.41, 5.74) is 0. The molecule has 0 aliphatic carbocycles. The lowest BCUT2D eigenvalue weighted by Gasteiger charge is -2.14. The van der Waals surface area contributed by atoms with Gasteiger partial charge in [-0.2, -0.15) is 0 Å². The van der Waals surface area contributed by atoms with Crippen molar-refractivity contribution in [1.82, 2.24) is 0 Å². The van der Waals surface area contributed by atoms with Gasteiger partial charge in [-0.1, -0.05) is 19.6 Å². The fourth-order valence-electron chi connectivity index (χ4n) is 0.334. The fraction of sp³-hybridized carbons (Fsp3) is 0.833. The average Bonchev–Trinajstić information content (AvgIpc) is 1.81.